The second kappa shape index (κ2) is 10.8. The third kappa shape index (κ3) is 5.50. The van der Waals surface area contributed by atoms with E-state index in [0.29, 0.717) is 10.9 Å². The Morgan fingerprint density at radius 1 is 1.11 bits per heavy atom. The van der Waals surface area contributed by atoms with Crippen molar-refractivity contribution in [1.29, 1.82) is 0 Å². The molecule has 0 aromatic heterocycles. The van der Waals surface area contributed by atoms with Crippen molar-refractivity contribution < 1.29 is 4.74 Å². The van der Waals surface area contributed by atoms with E-state index in [-0.39, 0.29) is 0 Å². The maximum Gasteiger partial charge on any atom is 0.137 e. The lowest BCUT2D eigenvalue weighted by Gasteiger charge is -2.25. The lowest BCUT2D eigenvalue weighted by atomic mass is 9.88. The maximum absolute atomic E-state index is 6.45. The van der Waals surface area contributed by atoms with Crippen LogP contribution in [0.5, 0.6) is 5.75 Å². The monoisotopic (exact) mass is 400 g/mol. The van der Waals surface area contributed by atoms with E-state index in [1.165, 1.54) is 48.9 Å². The number of nitrogens with one attached hydrogen (secondary N) is 1. The van der Waals surface area contributed by atoms with Crippen LogP contribution in [-0.2, 0) is 6.42 Å². The zero-order valence-corrected chi connectivity index (χ0v) is 18.0. The minimum atomic E-state index is 0.356. The summed E-state index contributed by atoms with van der Waals surface area (Å²) in [5.74, 6) is 1.13. The van der Waals surface area contributed by atoms with Crippen molar-refractivity contribution in [2.75, 3.05) is 40.3 Å². The molecule has 1 unspecified atom stereocenters. The van der Waals surface area contributed by atoms with Gasteiger partial charge in [-0.05, 0) is 68.2 Å². The lowest BCUT2D eigenvalue weighted by molar-refractivity contribution is 0.269. The van der Waals surface area contributed by atoms with Gasteiger partial charge < -0.3 is 15.0 Å². The molecule has 2 aromatic carbocycles. The average molecular weight is 401 g/mol. The molecule has 2 aromatic rings. The second-order valence-corrected chi connectivity index (χ2v) is 8.12. The minimum absolute atomic E-state index is 0.356. The molecule has 0 bridgehead atoms. The smallest absolute Gasteiger partial charge is 0.137 e. The molecule has 0 spiro atoms. The second-order valence-electron chi connectivity index (χ2n) is 7.72. The summed E-state index contributed by atoms with van der Waals surface area (Å²) >= 11 is 6.45. The molecule has 1 aliphatic rings. The lowest BCUT2D eigenvalue weighted by Crippen LogP contribution is -2.29. The number of fused-ring (bicyclic) bond motifs is 1. The Labute approximate surface area is 175 Å². The van der Waals surface area contributed by atoms with Crippen LogP contribution in [-0.4, -0.2) is 45.2 Å². The van der Waals surface area contributed by atoms with Gasteiger partial charge in [0.05, 0.1) is 12.1 Å². The van der Waals surface area contributed by atoms with Crippen molar-refractivity contribution in [3.05, 3.63) is 64.2 Å². The number of rotatable bonds is 9. The van der Waals surface area contributed by atoms with Crippen molar-refractivity contribution in [3.63, 3.8) is 0 Å². The van der Waals surface area contributed by atoms with Crippen LogP contribution in [0.25, 0.3) is 0 Å². The fraction of sp³-hybridized carbons (Fsp3) is 0.500. The van der Waals surface area contributed by atoms with Gasteiger partial charge in [0, 0.05) is 19.0 Å². The number of ether oxygens (including phenoxy) is 1. The van der Waals surface area contributed by atoms with Crippen LogP contribution in [0.1, 0.15) is 48.3 Å². The number of methoxy groups -OCH3 is 1. The standard InChI is InChI=1S/C24H33ClN2O/c1-26-13-8-3-4-9-14-27-15-12-20-16-23(25)24(28-2)17-21(20)22(18-27)19-10-6-5-7-11-19/h5-7,10-11,16-17,22,26H,3-4,8-9,12-15,18H2,1-2H3. The van der Waals surface area contributed by atoms with Gasteiger partial charge in [-0.15, -0.1) is 0 Å². The molecule has 3 nitrogen and oxygen atoms in total. The molecular formula is C24H33ClN2O. The predicted octanol–water partition coefficient (Wildman–Crippen LogP) is 5.12. The summed E-state index contributed by atoms with van der Waals surface area (Å²) in [5, 5.41) is 3.95. The average Bonchev–Trinajstić information content (AvgIpc) is 2.90. The van der Waals surface area contributed by atoms with Gasteiger partial charge in [-0.2, -0.15) is 0 Å². The Hall–Kier alpha value is -1.55. The molecular weight excluding hydrogens is 368 g/mol. The Balaban J connectivity index is 1.76. The van der Waals surface area contributed by atoms with Gasteiger partial charge in [0.15, 0.2) is 0 Å². The number of benzene rings is 2. The highest BCUT2D eigenvalue weighted by molar-refractivity contribution is 6.32. The van der Waals surface area contributed by atoms with E-state index >= 15 is 0 Å². The number of unbranched alkanes of at least 4 members (excludes halogenated alkanes) is 3. The number of nitrogens with zero attached hydrogens (tertiary/aromatic N) is 1. The summed E-state index contributed by atoms with van der Waals surface area (Å²) in [4.78, 5) is 2.64. The Kier molecular flexibility index (Phi) is 8.20. The van der Waals surface area contributed by atoms with Gasteiger partial charge in [0.25, 0.3) is 0 Å². The quantitative estimate of drug-likeness (QED) is 0.591. The molecule has 1 aliphatic heterocycles. The fourth-order valence-corrected chi connectivity index (χ4v) is 4.46. The summed E-state index contributed by atoms with van der Waals surface area (Å²) in [6, 6.07) is 15.1. The van der Waals surface area contributed by atoms with Crippen LogP contribution in [0.3, 0.4) is 0 Å². The van der Waals surface area contributed by atoms with E-state index < -0.39 is 0 Å². The molecule has 0 radical (unpaired) electrons. The van der Waals surface area contributed by atoms with E-state index in [4.69, 9.17) is 16.3 Å². The van der Waals surface area contributed by atoms with Gasteiger partial charge in [-0.3, -0.25) is 0 Å². The molecule has 0 saturated carbocycles. The predicted molar refractivity (Wildman–Crippen MR) is 119 cm³/mol. The zero-order valence-electron chi connectivity index (χ0n) is 17.2. The molecule has 1 heterocycles. The molecule has 0 amide bonds. The molecule has 1 atom stereocenters. The van der Waals surface area contributed by atoms with Gasteiger partial charge in [0.2, 0.25) is 0 Å². The van der Waals surface area contributed by atoms with Gasteiger partial charge >= 0.3 is 0 Å². The minimum Gasteiger partial charge on any atom is -0.495 e. The summed E-state index contributed by atoms with van der Waals surface area (Å²) < 4.78 is 5.52. The largest absolute Gasteiger partial charge is 0.495 e. The summed E-state index contributed by atoms with van der Waals surface area (Å²) in [6.45, 7) is 4.44. The molecule has 3 rings (SSSR count). The van der Waals surface area contributed by atoms with Crippen molar-refractivity contribution in [1.82, 2.24) is 10.2 Å². The number of hydrogen-bond donors (Lipinski definition) is 1. The first-order valence-electron chi connectivity index (χ1n) is 10.5. The van der Waals surface area contributed by atoms with Crippen LogP contribution in [0.15, 0.2) is 42.5 Å². The van der Waals surface area contributed by atoms with E-state index in [0.717, 1.165) is 31.8 Å². The topological polar surface area (TPSA) is 24.5 Å². The Bertz CT molecular complexity index is 735. The fourth-order valence-electron chi connectivity index (χ4n) is 4.20. The third-order valence-electron chi connectivity index (χ3n) is 5.78. The van der Waals surface area contributed by atoms with Gasteiger partial charge in [-0.1, -0.05) is 54.8 Å². The van der Waals surface area contributed by atoms with Crippen molar-refractivity contribution in [2.45, 2.75) is 38.0 Å². The first-order valence-corrected chi connectivity index (χ1v) is 10.9. The number of halogens is 1. The van der Waals surface area contributed by atoms with E-state index in [1.54, 1.807) is 7.11 Å². The molecule has 0 fully saturated rings. The third-order valence-corrected chi connectivity index (χ3v) is 6.08. The highest BCUT2D eigenvalue weighted by Crippen LogP contribution is 2.37. The van der Waals surface area contributed by atoms with Crippen LogP contribution in [0, 0.1) is 0 Å². The first-order chi connectivity index (χ1) is 13.7. The number of hydrogen-bond acceptors (Lipinski definition) is 3. The van der Waals surface area contributed by atoms with Gasteiger partial charge in [-0.25, -0.2) is 0 Å². The zero-order chi connectivity index (χ0) is 19.8. The van der Waals surface area contributed by atoms with Crippen LogP contribution in [0.2, 0.25) is 5.02 Å². The van der Waals surface area contributed by atoms with Crippen LogP contribution in [0.4, 0.5) is 0 Å². The SMILES string of the molecule is CNCCCCCCN1CCc2cc(Cl)c(OC)cc2C(c2ccccc2)C1. The van der Waals surface area contributed by atoms with Crippen LogP contribution >= 0.6 is 11.6 Å². The van der Waals surface area contributed by atoms with Crippen molar-refractivity contribution >= 4 is 11.6 Å². The highest BCUT2D eigenvalue weighted by atomic mass is 35.5. The van der Waals surface area contributed by atoms with E-state index in [2.05, 4.69) is 52.7 Å². The van der Waals surface area contributed by atoms with Crippen molar-refractivity contribution in [2.24, 2.45) is 0 Å². The van der Waals surface area contributed by atoms with E-state index in [9.17, 15) is 0 Å². The summed E-state index contributed by atoms with van der Waals surface area (Å²) in [5.41, 5.74) is 4.09. The molecule has 28 heavy (non-hydrogen) atoms. The highest BCUT2D eigenvalue weighted by Gasteiger charge is 2.25. The molecule has 152 valence electrons. The van der Waals surface area contributed by atoms with Crippen molar-refractivity contribution in [3.8, 4) is 5.75 Å². The molecule has 0 aliphatic carbocycles. The summed E-state index contributed by atoms with van der Waals surface area (Å²) in [6.07, 6.45) is 6.20. The normalized spacial score (nSPS) is 17.2. The van der Waals surface area contributed by atoms with Crippen LogP contribution < -0.4 is 10.1 Å². The molecule has 0 saturated heterocycles. The van der Waals surface area contributed by atoms with E-state index in [1.807, 2.05) is 7.05 Å². The maximum atomic E-state index is 6.45. The Morgan fingerprint density at radius 2 is 1.89 bits per heavy atom. The molecule has 1 N–H and O–H groups in total. The molecule has 4 heteroatoms. The first kappa shape index (κ1) is 21.2. The summed E-state index contributed by atoms with van der Waals surface area (Å²) in [7, 11) is 3.72. The Morgan fingerprint density at radius 3 is 2.64 bits per heavy atom. The van der Waals surface area contributed by atoms with Gasteiger partial charge in [0.1, 0.15) is 5.75 Å².